The van der Waals surface area contributed by atoms with Gasteiger partial charge in [0.05, 0.1) is 0 Å². The van der Waals surface area contributed by atoms with E-state index in [-0.39, 0.29) is 0 Å². The average molecular weight is 251 g/mol. The monoisotopic (exact) mass is 251 g/mol. The van der Waals surface area contributed by atoms with Crippen molar-refractivity contribution in [3.05, 3.63) is 59.7 Å². The average Bonchev–Trinajstić information content (AvgIpc) is 2.62. The molecule has 0 aromatic heterocycles. The van der Waals surface area contributed by atoms with E-state index in [1.165, 1.54) is 22.5 Å². The molecule has 19 heavy (non-hydrogen) atoms. The third-order valence-corrected chi connectivity index (χ3v) is 3.70. The second-order valence-electron chi connectivity index (χ2n) is 4.86. The normalized spacial score (nSPS) is 13.4. The summed E-state index contributed by atoms with van der Waals surface area (Å²) < 4.78 is 0. The quantitative estimate of drug-likeness (QED) is 0.778. The van der Waals surface area contributed by atoms with Crippen LogP contribution in [-0.4, -0.2) is 12.8 Å². The Morgan fingerprint density at radius 1 is 0.895 bits per heavy atom. The van der Waals surface area contributed by atoms with Gasteiger partial charge in [-0.1, -0.05) is 36.4 Å². The molecule has 3 rings (SSSR count). The minimum absolute atomic E-state index is 0.558. The lowest BCUT2D eigenvalue weighted by Gasteiger charge is -2.26. The van der Waals surface area contributed by atoms with Gasteiger partial charge in [0.15, 0.2) is 0 Å². The van der Waals surface area contributed by atoms with Gasteiger partial charge < -0.3 is 9.69 Å². The molecule has 0 radical (unpaired) electrons. The first-order valence-corrected chi connectivity index (χ1v) is 6.77. The molecule has 1 heterocycles. The van der Waals surface area contributed by atoms with Crippen molar-refractivity contribution in [3.63, 3.8) is 0 Å². The van der Waals surface area contributed by atoms with E-state index in [4.69, 9.17) is 0 Å². The third-order valence-electron chi connectivity index (χ3n) is 3.70. The molecule has 1 aliphatic rings. The highest BCUT2D eigenvalue weighted by atomic mass is 16.1. The van der Waals surface area contributed by atoms with E-state index in [9.17, 15) is 4.79 Å². The highest BCUT2D eigenvalue weighted by molar-refractivity contribution is 5.71. The number of carbonyl (C=O) groups excluding carboxylic acids is 1. The van der Waals surface area contributed by atoms with E-state index in [0.717, 1.165) is 25.7 Å². The molecular weight excluding hydrogens is 234 g/mol. The first-order valence-electron chi connectivity index (χ1n) is 6.77. The van der Waals surface area contributed by atoms with Crippen LogP contribution in [0.2, 0.25) is 0 Å². The number of para-hydroxylation sites is 2. The molecule has 0 saturated carbocycles. The maximum absolute atomic E-state index is 10.7. The highest BCUT2D eigenvalue weighted by Crippen LogP contribution is 2.35. The number of aldehydes is 1. The summed E-state index contributed by atoms with van der Waals surface area (Å²) in [6.45, 7) is 0.748. The Kier molecular flexibility index (Phi) is 3.32. The predicted molar refractivity (Wildman–Crippen MR) is 78.0 cm³/mol. The van der Waals surface area contributed by atoms with Gasteiger partial charge in [-0.2, -0.15) is 0 Å². The van der Waals surface area contributed by atoms with Crippen LogP contribution in [-0.2, 0) is 17.6 Å². The molecular formula is C17H17NO. The number of hydrogen-bond donors (Lipinski definition) is 0. The van der Waals surface area contributed by atoms with Gasteiger partial charge in [0, 0.05) is 24.3 Å². The van der Waals surface area contributed by atoms with Crippen LogP contribution in [0.5, 0.6) is 0 Å². The van der Waals surface area contributed by atoms with Crippen LogP contribution in [0.25, 0.3) is 0 Å². The van der Waals surface area contributed by atoms with E-state index < -0.39 is 0 Å². The Morgan fingerprint density at radius 3 is 1.95 bits per heavy atom. The second kappa shape index (κ2) is 5.27. The lowest BCUT2D eigenvalue weighted by molar-refractivity contribution is -0.107. The van der Waals surface area contributed by atoms with Crippen molar-refractivity contribution in [2.75, 3.05) is 11.4 Å². The van der Waals surface area contributed by atoms with Crippen LogP contribution in [0.4, 0.5) is 11.4 Å². The zero-order chi connectivity index (χ0) is 13.1. The predicted octanol–water partition coefficient (Wildman–Crippen LogP) is 3.51. The molecule has 0 N–H and O–H groups in total. The molecule has 1 aliphatic heterocycles. The van der Waals surface area contributed by atoms with Crippen LogP contribution in [0, 0.1) is 0 Å². The Bertz CT molecular complexity index is 544. The molecule has 0 amide bonds. The van der Waals surface area contributed by atoms with Gasteiger partial charge in [0.1, 0.15) is 6.29 Å². The van der Waals surface area contributed by atoms with Gasteiger partial charge in [-0.3, -0.25) is 0 Å². The van der Waals surface area contributed by atoms with E-state index >= 15 is 0 Å². The Labute approximate surface area is 113 Å². The summed E-state index contributed by atoms with van der Waals surface area (Å²) in [5.41, 5.74) is 5.22. The summed E-state index contributed by atoms with van der Waals surface area (Å²) in [7, 11) is 0. The Hall–Kier alpha value is -2.09. The fourth-order valence-corrected chi connectivity index (χ4v) is 2.79. The minimum Gasteiger partial charge on any atom is -0.341 e. The van der Waals surface area contributed by atoms with Crippen LogP contribution >= 0.6 is 0 Å². The van der Waals surface area contributed by atoms with Crippen molar-refractivity contribution < 1.29 is 4.79 Å². The Morgan fingerprint density at radius 2 is 1.42 bits per heavy atom. The number of benzene rings is 2. The molecule has 2 aromatic carbocycles. The summed E-state index contributed by atoms with van der Waals surface area (Å²) in [4.78, 5) is 13.0. The van der Waals surface area contributed by atoms with Crippen LogP contribution < -0.4 is 4.90 Å². The minimum atomic E-state index is 0.558. The van der Waals surface area contributed by atoms with Gasteiger partial charge in [0.25, 0.3) is 0 Å². The highest BCUT2D eigenvalue weighted by Gasteiger charge is 2.19. The molecule has 2 heteroatoms. The molecule has 96 valence electrons. The molecule has 0 atom stereocenters. The summed E-state index contributed by atoms with van der Waals surface area (Å²) in [5.74, 6) is 0. The molecule has 0 fully saturated rings. The molecule has 0 saturated heterocycles. The number of rotatable bonds is 3. The molecule has 0 unspecified atom stereocenters. The van der Waals surface area contributed by atoms with Crippen molar-refractivity contribution in [3.8, 4) is 0 Å². The van der Waals surface area contributed by atoms with Crippen LogP contribution in [0.15, 0.2) is 48.5 Å². The molecule has 2 aromatic rings. The van der Waals surface area contributed by atoms with Crippen LogP contribution in [0.1, 0.15) is 17.5 Å². The third kappa shape index (κ3) is 2.26. The van der Waals surface area contributed by atoms with E-state index in [1.807, 2.05) is 0 Å². The van der Waals surface area contributed by atoms with Crippen molar-refractivity contribution in [2.24, 2.45) is 0 Å². The van der Waals surface area contributed by atoms with Crippen molar-refractivity contribution in [1.82, 2.24) is 0 Å². The van der Waals surface area contributed by atoms with Gasteiger partial charge in [-0.05, 0) is 36.1 Å². The van der Waals surface area contributed by atoms with Crippen molar-refractivity contribution in [2.45, 2.75) is 19.3 Å². The maximum atomic E-state index is 10.7. The lowest BCUT2D eigenvalue weighted by atomic mass is 10.0. The first kappa shape index (κ1) is 12.0. The van der Waals surface area contributed by atoms with Gasteiger partial charge in [-0.15, -0.1) is 0 Å². The largest absolute Gasteiger partial charge is 0.341 e. The van der Waals surface area contributed by atoms with Gasteiger partial charge in [-0.25, -0.2) is 0 Å². The molecule has 0 bridgehead atoms. The van der Waals surface area contributed by atoms with E-state index in [0.29, 0.717) is 6.42 Å². The van der Waals surface area contributed by atoms with Gasteiger partial charge in [0.2, 0.25) is 0 Å². The van der Waals surface area contributed by atoms with Gasteiger partial charge >= 0.3 is 0 Å². The Balaban J connectivity index is 2.10. The van der Waals surface area contributed by atoms with E-state index in [2.05, 4.69) is 53.4 Å². The summed E-state index contributed by atoms with van der Waals surface area (Å²) in [6, 6.07) is 17.0. The smallest absolute Gasteiger partial charge is 0.121 e. The number of aryl methyl sites for hydroxylation is 2. The number of fused-ring (bicyclic) bond motifs is 2. The zero-order valence-electron chi connectivity index (χ0n) is 10.9. The number of carbonyl (C=O) groups is 1. The topological polar surface area (TPSA) is 20.3 Å². The fraction of sp³-hybridized carbons (Fsp3) is 0.235. The van der Waals surface area contributed by atoms with E-state index in [1.54, 1.807) is 0 Å². The summed E-state index contributed by atoms with van der Waals surface area (Å²) >= 11 is 0. The van der Waals surface area contributed by atoms with Crippen molar-refractivity contribution in [1.29, 1.82) is 0 Å². The molecule has 2 nitrogen and oxygen atoms in total. The number of nitrogens with zero attached hydrogens (tertiary/aromatic N) is 1. The zero-order valence-corrected chi connectivity index (χ0v) is 10.9. The fourth-order valence-electron chi connectivity index (χ4n) is 2.79. The SMILES string of the molecule is O=CCCN1c2ccccc2CCc2ccccc21. The molecule has 0 spiro atoms. The standard InChI is InChI=1S/C17H17NO/c19-13-5-12-18-16-8-3-1-6-14(16)10-11-15-7-2-4-9-17(15)18/h1-4,6-9,13H,5,10-12H2. The number of anilines is 2. The summed E-state index contributed by atoms with van der Waals surface area (Å²) in [5, 5.41) is 0. The second-order valence-corrected chi connectivity index (χ2v) is 4.86. The number of hydrogen-bond acceptors (Lipinski definition) is 2. The molecule has 0 aliphatic carbocycles. The first-order chi connectivity index (χ1) is 9.40. The lowest BCUT2D eigenvalue weighted by Crippen LogP contribution is -2.19. The maximum Gasteiger partial charge on any atom is 0.121 e. The summed E-state index contributed by atoms with van der Waals surface area (Å²) in [6.07, 6.45) is 3.67. The van der Waals surface area contributed by atoms with Crippen molar-refractivity contribution >= 4 is 17.7 Å². The van der Waals surface area contributed by atoms with Crippen LogP contribution in [0.3, 0.4) is 0 Å².